The van der Waals surface area contributed by atoms with Gasteiger partial charge in [-0.15, -0.1) is 0 Å². The van der Waals surface area contributed by atoms with Crippen LogP contribution in [-0.2, 0) is 0 Å². The Morgan fingerprint density at radius 3 is 1.00 bits per heavy atom. The lowest BCUT2D eigenvalue weighted by atomic mass is 10.1. The second-order valence-corrected chi connectivity index (χ2v) is 18.6. The summed E-state index contributed by atoms with van der Waals surface area (Å²) in [7, 11) is 0.540. The number of hydrogen-bond donors (Lipinski definition) is 0. The van der Waals surface area contributed by atoms with Crippen LogP contribution in [-0.4, -0.2) is 51.2 Å². The van der Waals surface area contributed by atoms with E-state index in [1.165, 1.54) is 63.9 Å². The molecule has 0 radical (unpaired) electrons. The highest BCUT2D eigenvalue weighted by Gasteiger charge is 2.44. The zero-order chi connectivity index (χ0) is 21.7. The lowest BCUT2D eigenvalue weighted by molar-refractivity contribution is 0.588. The second kappa shape index (κ2) is 12.6. The first-order valence-electron chi connectivity index (χ1n) is 13.7. The van der Waals surface area contributed by atoms with Gasteiger partial charge in [0.2, 0.25) is 0 Å². The van der Waals surface area contributed by atoms with E-state index in [2.05, 4.69) is 46.2 Å². The second-order valence-electron chi connectivity index (χ2n) is 10.3. The summed E-state index contributed by atoms with van der Waals surface area (Å²) in [6.07, 6.45) is 21.0. The minimum atomic E-state index is 0.102. The lowest BCUT2D eigenvalue weighted by Crippen LogP contribution is -2.29. The third-order valence-corrected chi connectivity index (χ3v) is 20.6. The molecule has 3 fully saturated rings. The van der Waals surface area contributed by atoms with Gasteiger partial charge in [0, 0.05) is 12.6 Å². The third-order valence-electron chi connectivity index (χ3n) is 8.93. The highest BCUT2D eigenvalue weighted by molar-refractivity contribution is 7.64. The molecule has 0 saturated carbocycles. The third kappa shape index (κ3) is 5.65. The molecular formula is C26H52NP3. The monoisotopic (exact) mass is 471 g/mol. The van der Waals surface area contributed by atoms with Crippen LogP contribution in [0.4, 0.5) is 0 Å². The van der Waals surface area contributed by atoms with E-state index in [1.54, 1.807) is 25.7 Å². The van der Waals surface area contributed by atoms with Gasteiger partial charge < -0.3 is 0 Å². The molecule has 3 rings (SSSR count). The molecule has 0 amide bonds. The van der Waals surface area contributed by atoms with Crippen LogP contribution in [0.2, 0.25) is 0 Å². The summed E-state index contributed by atoms with van der Waals surface area (Å²) in [5.74, 6) is 0. The summed E-state index contributed by atoms with van der Waals surface area (Å²) in [5, 5.41) is 0. The molecule has 0 bridgehead atoms. The molecule has 0 aromatic rings. The highest BCUT2D eigenvalue weighted by Crippen LogP contribution is 2.69. The first-order valence-corrected chi connectivity index (χ1v) is 18.4. The van der Waals surface area contributed by atoms with Crippen molar-refractivity contribution in [3.05, 3.63) is 0 Å². The molecule has 176 valence electrons. The normalized spacial score (nSPS) is 36.5. The van der Waals surface area contributed by atoms with Gasteiger partial charge in [0.25, 0.3) is 0 Å². The fourth-order valence-corrected chi connectivity index (χ4v) is 19.2. The van der Waals surface area contributed by atoms with E-state index in [0.717, 1.165) is 34.0 Å². The molecular weight excluding hydrogens is 419 g/mol. The van der Waals surface area contributed by atoms with Gasteiger partial charge in [0.15, 0.2) is 0 Å². The largest absolute Gasteiger partial charge is 0.273 e. The molecule has 0 aromatic carbocycles. The summed E-state index contributed by atoms with van der Waals surface area (Å²) < 4.78 is 3.29. The standard InChI is InChI=1S/C26H52NP3/c1-7-21-13-14-22(8-2)28(21)19-27(30-25(11-5)17-18-26(30)12-6)20-29-23(9-3)15-16-24(29)10-4/h21-26H,7-20H2,1-6H3/t21-,22-,23-,24-,25-,26-/m1/s1. The predicted molar refractivity (Wildman–Crippen MR) is 145 cm³/mol. The van der Waals surface area contributed by atoms with Gasteiger partial charge in [-0.2, -0.15) is 0 Å². The van der Waals surface area contributed by atoms with Crippen molar-refractivity contribution in [2.75, 3.05) is 12.6 Å². The molecule has 30 heavy (non-hydrogen) atoms. The predicted octanol–water partition coefficient (Wildman–Crippen LogP) is 9.62. The van der Waals surface area contributed by atoms with Crippen molar-refractivity contribution in [2.45, 2.75) is 153 Å². The Hall–Kier alpha value is 1.25. The Balaban J connectivity index is 1.86. The SMILES string of the molecule is CC[C@@H]1CC[C@@H](CC)P1CN(CP1[C@H](CC)CC[C@H]1CC)P1[C@H](CC)CC[C@H]1CC. The maximum atomic E-state index is 3.29. The topological polar surface area (TPSA) is 3.24 Å². The van der Waals surface area contributed by atoms with Crippen molar-refractivity contribution < 1.29 is 0 Å². The van der Waals surface area contributed by atoms with E-state index < -0.39 is 0 Å². The van der Waals surface area contributed by atoms with Crippen LogP contribution in [0.25, 0.3) is 0 Å². The summed E-state index contributed by atoms with van der Waals surface area (Å²) in [5.41, 5.74) is 6.38. The molecule has 1 nitrogen and oxygen atoms in total. The summed E-state index contributed by atoms with van der Waals surface area (Å²) in [6, 6.07) is 0. The van der Waals surface area contributed by atoms with Crippen LogP contribution in [0.1, 0.15) is 119 Å². The molecule has 0 aliphatic carbocycles. The minimum Gasteiger partial charge on any atom is -0.273 e. The highest BCUT2D eigenvalue weighted by atomic mass is 31.1. The Morgan fingerprint density at radius 1 is 0.467 bits per heavy atom. The molecule has 4 heteroatoms. The van der Waals surface area contributed by atoms with Gasteiger partial charge in [-0.25, -0.2) is 0 Å². The van der Waals surface area contributed by atoms with Gasteiger partial charge in [-0.3, -0.25) is 4.67 Å². The Labute approximate surface area is 193 Å². The quantitative estimate of drug-likeness (QED) is 0.271. The molecule has 3 aliphatic rings. The molecule has 3 heterocycles. The van der Waals surface area contributed by atoms with Crippen molar-refractivity contribution in [3.8, 4) is 0 Å². The lowest BCUT2D eigenvalue weighted by Gasteiger charge is -2.43. The first-order chi connectivity index (χ1) is 14.6. The van der Waals surface area contributed by atoms with Gasteiger partial charge in [-0.1, -0.05) is 57.4 Å². The average molecular weight is 472 g/mol. The van der Waals surface area contributed by atoms with Crippen LogP contribution >= 0.6 is 23.9 Å². The average Bonchev–Trinajstić information content (AvgIpc) is 3.48. The van der Waals surface area contributed by atoms with Crippen LogP contribution in [0.5, 0.6) is 0 Å². The van der Waals surface area contributed by atoms with E-state index >= 15 is 0 Å². The van der Waals surface area contributed by atoms with Gasteiger partial charge in [-0.05, 0) is 119 Å². The molecule has 0 N–H and O–H groups in total. The van der Waals surface area contributed by atoms with Crippen LogP contribution in [0.3, 0.4) is 0 Å². The van der Waals surface area contributed by atoms with Crippen molar-refractivity contribution in [3.63, 3.8) is 0 Å². The van der Waals surface area contributed by atoms with Gasteiger partial charge in [0.05, 0.1) is 0 Å². The summed E-state index contributed by atoms with van der Waals surface area (Å²) >= 11 is 0. The molecule has 0 unspecified atom stereocenters. The van der Waals surface area contributed by atoms with Crippen LogP contribution in [0, 0.1) is 0 Å². The fourth-order valence-electron chi connectivity index (χ4n) is 7.01. The van der Waals surface area contributed by atoms with E-state index in [0.29, 0.717) is 0 Å². The molecule has 3 saturated heterocycles. The number of nitrogens with zero attached hydrogens (tertiary/aromatic N) is 1. The smallest absolute Gasteiger partial charge is 0.0231 e. The summed E-state index contributed by atoms with van der Waals surface area (Å²) in [4.78, 5) is 0. The van der Waals surface area contributed by atoms with E-state index in [1.807, 2.05) is 0 Å². The first kappa shape index (κ1) is 25.9. The van der Waals surface area contributed by atoms with Crippen LogP contribution in [0.15, 0.2) is 0 Å². The number of hydrogen-bond acceptors (Lipinski definition) is 1. The molecule has 0 aromatic heterocycles. The Kier molecular flexibility index (Phi) is 10.9. The molecule has 0 spiro atoms. The fraction of sp³-hybridized carbons (Fsp3) is 1.00. The van der Waals surface area contributed by atoms with E-state index in [4.69, 9.17) is 0 Å². The van der Waals surface area contributed by atoms with Crippen molar-refractivity contribution in [1.82, 2.24) is 4.67 Å². The number of rotatable bonds is 11. The Morgan fingerprint density at radius 2 is 0.733 bits per heavy atom. The van der Waals surface area contributed by atoms with Gasteiger partial charge in [0.1, 0.15) is 0 Å². The molecule has 3 aliphatic heterocycles. The van der Waals surface area contributed by atoms with Crippen molar-refractivity contribution >= 4 is 23.9 Å². The van der Waals surface area contributed by atoms with Crippen molar-refractivity contribution in [1.29, 1.82) is 0 Å². The summed E-state index contributed by atoms with van der Waals surface area (Å²) in [6.45, 7) is 15.0. The molecule has 6 atom stereocenters. The maximum absolute atomic E-state index is 3.29. The zero-order valence-corrected chi connectivity index (χ0v) is 23.8. The minimum absolute atomic E-state index is 0.102. The van der Waals surface area contributed by atoms with E-state index in [9.17, 15) is 0 Å². The Bertz CT molecular complexity index is 435. The van der Waals surface area contributed by atoms with Gasteiger partial charge >= 0.3 is 0 Å². The van der Waals surface area contributed by atoms with E-state index in [-0.39, 0.29) is 23.9 Å². The maximum Gasteiger partial charge on any atom is 0.0231 e. The van der Waals surface area contributed by atoms with Crippen molar-refractivity contribution in [2.24, 2.45) is 0 Å². The van der Waals surface area contributed by atoms with Crippen LogP contribution < -0.4 is 0 Å². The zero-order valence-electron chi connectivity index (χ0n) is 21.2.